The molecule has 4 unspecified atom stereocenters. The molecule has 0 aromatic heterocycles. The van der Waals surface area contributed by atoms with E-state index < -0.39 is 23.8 Å². The number of fused-ring (bicyclic) bond motifs is 1. The highest BCUT2D eigenvalue weighted by molar-refractivity contribution is 7.98. The van der Waals surface area contributed by atoms with Gasteiger partial charge in [0.2, 0.25) is 5.91 Å². The summed E-state index contributed by atoms with van der Waals surface area (Å²) in [6.45, 7) is 11.4. The molecule has 3 amide bonds. The Morgan fingerprint density at radius 1 is 1.02 bits per heavy atom. The summed E-state index contributed by atoms with van der Waals surface area (Å²) in [4.78, 5) is 43.3. The van der Waals surface area contributed by atoms with Gasteiger partial charge in [0, 0.05) is 11.7 Å². The van der Waals surface area contributed by atoms with Crippen molar-refractivity contribution < 1.29 is 19.1 Å². The molecule has 0 radical (unpaired) electrons. The molecule has 1 fully saturated rings. The van der Waals surface area contributed by atoms with Gasteiger partial charge in [0.25, 0.3) is 5.91 Å². The van der Waals surface area contributed by atoms with E-state index in [9.17, 15) is 14.4 Å². The van der Waals surface area contributed by atoms with Gasteiger partial charge in [-0.3, -0.25) is 9.59 Å². The third-order valence-electron chi connectivity index (χ3n) is 7.54. The van der Waals surface area contributed by atoms with Gasteiger partial charge in [0.05, 0.1) is 0 Å². The van der Waals surface area contributed by atoms with Crippen LogP contribution in [-0.2, 0) is 14.3 Å². The maximum absolute atomic E-state index is 14.5. The van der Waals surface area contributed by atoms with E-state index in [0.717, 1.165) is 33.9 Å². The zero-order chi connectivity index (χ0) is 30.6. The van der Waals surface area contributed by atoms with Crippen molar-refractivity contribution >= 4 is 46.1 Å². The molecular weight excluding hydrogens is 546 g/mol. The number of benzene rings is 3. The maximum atomic E-state index is 14.5. The first kappa shape index (κ1) is 31.4. The van der Waals surface area contributed by atoms with Gasteiger partial charge in [-0.1, -0.05) is 61.0 Å². The van der Waals surface area contributed by atoms with Crippen molar-refractivity contribution in [3.63, 3.8) is 0 Å². The Balaban J connectivity index is 1.73. The van der Waals surface area contributed by atoms with Crippen molar-refractivity contribution in [3.8, 4) is 0 Å². The molecule has 1 aliphatic rings. The van der Waals surface area contributed by atoms with E-state index in [1.54, 1.807) is 37.4 Å². The van der Waals surface area contributed by atoms with Crippen molar-refractivity contribution in [2.45, 2.75) is 78.1 Å². The second kappa shape index (κ2) is 13.2. The molecule has 4 rings (SSSR count). The predicted octanol–water partition coefficient (Wildman–Crippen LogP) is 7.02. The molecule has 1 saturated carbocycles. The minimum atomic E-state index is -0.878. The molecule has 42 heavy (non-hydrogen) atoms. The molecular formula is C34H43N3O4S. The second-order valence-corrected chi connectivity index (χ2v) is 13.3. The number of anilines is 1. The number of thioether (sulfide) groups is 1. The highest BCUT2D eigenvalue weighted by atomic mass is 32.2. The van der Waals surface area contributed by atoms with Crippen LogP contribution >= 0.6 is 11.8 Å². The fraction of sp³-hybridized carbons (Fsp3) is 0.441. The summed E-state index contributed by atoms with van der Waals surface area (Å²) in [7, 11) is 0. The number of rotatable bonds is 10. The summed E-state index contributed by atoms with van der Waals surface area (Å²) in [6, 6.07) is 17.9. The van der Waals surface area contributed by atoms with Crippen LogP contribution in [0.3, 0.4) is 0 Å². The summed E-state index contributed by atoms with van der Waals surface area (Å²) in [6.07, 6.45) is 2.53. The lowest BCUT2D eigenvalue weighted by molar-refractivity contribution is -0.141. The first-order chi connectivity index (χ1) is 19.9. The van der Waals surface area contributed by atoms with Crippen molar-refractivity contribution in [1.29, 1.82) is 0 Å². The summed E-state index contributed by atoms with van der Waals surface area (Å²) < 4.78 is 5.51. The number of carbonyl (C=O) groups excluding carboxylic acids is 3. The van der Waals surface area contributed by atoms with E-state index in [0.29, 0.717) is 17.9 Å². The van der Waals surface area contributed by atoms with E-state index in [2.05, 4.69) is 17.6 Å². The van der Waals surface area contributed by atoms with Gasteiger partial charge < -0.3 is 20.3 Å². The zero-order valence-electron chi connectivity index (χ0n) is 25.7. The van der Waals surface area contributed by atoms with E-state index in [4.69, 9.17) is 4.74 Å². The largest absolute Gasteiger partial charge is 0.444 e. The van der Waals surface area contributed by atoms with Gasteiger partial charge in [0.1, 0.15) is 17.7 Å². The number of hydrogen-bond donors (Lipinski definition) is 2. The predicted molar refractivity (Wildman–Crippen MR) is 172 cm³/mol. The molecule has 0 spiro atoms. The molecule has 224 valence electrons. The first-order valence-electron chi connectivity index (χ1n) is 14.6. The van der Waals surface area contributed by atoms with Crippen LogP contribution in [0.15, 0.2) is 60.7 Å². The van der Waals surface area contributed by atoms with E-state index in [1.165, 1.54) is 0 Å². The van der Waals surface area contributed by atoms with E-state index in [1.807, 2.05) is 80.8 Å². The molecule has 0 heterocycles. The molecule has 8 heteroatoms. The average Bonchev–Trinajstić information content (AvgIpc) is 3.64. The zero-order valence-corrected chi connectivity index (χ0v) is 26.5. The van der Waals surface area contributed by atoms with Gasteiger partial charge in [-0.15, -0.1) is 0 Å². The van der Waals surface area contributed by atoms with Crippen molar-refractivity contribution in [2.24, 2.45) is 5.92 Å². The van der Waals surface area contributed by atoms with Crippen LogP contribution in [0.2, 0.25) is 0 Å². The van der Waals surface area contributed by atoms with Crippen LogP contribution in [0.5, 0.6) is 0 Å². The number of ether oxygens (including phenoxy) is 1. The van der Waals surface area contributed by atoms with Crippen LogP contribution in [-0.4, -0.2) is 52.5 Å². The van der Waals surface area contributed by atoms with Gasteiger partial charge >= 0.3 is 6.09 Å². The highest BCUT2D eigenvalue weighted by Crippen LogP contribution is 2.42. The van der Waals surface area contributed by atoms with Crippen LogP contribution in [0.25, 0.3) is 10.8 Å². The third-order valence-corrected chi connectivity index (χ3v) is 8.19. The topological polar surface area (TPSA) is 87.7 Å². The summed E-state index contributed by atoms with van der Waals surface area (Å²) >= 11 is 1.60. The second-order valence-electron chi connectivity index (χ2n) is 12.3. The molecule has 0 saturated heterocycles. The molecule has 2 N–H and O–H groups in total. The number of aryl methyl sites for hydroxylation is 2. The standard InChI is InChI=1S/C34H43N3O4S/c1-21-12-15-27(22(2)18-21)30(31(38)35-26-14-13-24-10-8-9-11-25(24)20-26)37(29-19-23(29)3)32(39)28(16-17-42-7)36-33(40)41-34(4,5)6/h8-15,18,20,23,28-30H,16-17,19H2,1-7H3,(H,35,38)(H,36,40). The van der Waals surface area contributed by atoms with Crippen molar-refractivity contribution in [1.82, 2.24) is 10.2 Å². The highest BCUT2D eigenvalue weighted by Gasteiger charge is 2.48. The number of nitrogens with zero attached hydrogens (tertiary/aromatic N) is 1. The van der Waals surface area contributed by atoms with E-state index in [-0.39, 0.29) is 23.8 Å². The third kappa shape index (κ3) is 7.85. The van der Waals surface area contributed by atoms with Crippen LogP contribution in [0.4, 0.5) is 10.5 Å². The summed E-state index contributed by atoms with van der Waals surface area (Å²) in [5.41, 5.74) is 2.73. The molecule has 0 bridgehead atoms. The molecule has 7 nitrogen and oxygen atoms in total. The quantitative estimate of drug-likeness (QED) is 0.265. The smallest absolute Gasteiger partial charge is 0.408 e. The lowest BCUT2D eigenvalue weighted by Gasteiger charge is -2.35. The number of carbonyl (C=O) groups is 3. The number of hydrogen-bond acceptors (Lipinski definition) is 5. The van der Waals surface area contributed by atoms with Gasteiger partial charge in [-0.2, -0.15) is 11.8 Å². The Bertz CT molecular complexity index is 1450. The average molecular weight is 590 g/mol. The first-order valence-corrected chi connectivity index (χ1v) is 15.9. The lowest BCUT2D eigenvalue weighted by atomic mass is 9.95. The Hall–Kier alpha value is -3.52. The molecule has 1 aliphatic carbocycles. The Labute approximate surface area is 253 Å². The minimum Gasteiger partial charge on any atom is -0.444 e. The van der Waals surface area contributed by atoms with Crippen LogP contribution in [0, 0.1) is 19.8 Å². The monoisotopic (exact) mass is 589 g/mol. The minimum absolute atomic E-state index is 0.122. The normalized spacial score (nSPS) is 17.7. The fourth-order valence-electron chi connectivity index (χ4n) is 5.32. The summed E-state index contributed by atoms with van der Waals surface area (Å²) in [5, 5.41) is 8.03. The Morgan fingerprint density at radius 2 is 1.71 bits per heavy atom. The Kier molecular flexibility index (Phi) is 9.87. The molecule has 3 aromatic rings. The Morgan fingerprint density at radius 3 is 2.33 bits per heavy atom. The van der Waals surface area contributed by atoms with Gasteiger partial charge in [-0.25, -0.2) is 4.79 Å². The van der Waals surface area contributed by atoms with Crippen LogP contribution in [0.1, 0.15) is 63.3 Å². The number of nitrogens with one attached hydrogen (secondary N) is 2. The van der Waals surface area contributed by atoms with Crippen molar-refractivity contribution in [3.05, 3.63) is 77.4 Å². The molecule has 4 atom stereocenters. The molecule has 3 aromatic carbocycles. The SMILES string of the molecule is CSCCC(NC(=O)OC(C)(C)C)C(=O)N(C(C(=O)Nc1ccc2ccccc2c1)c1ccc(C)cc1C)C1CC1C. The fourth-order valence-corrected chi connectivity index (χ4v) is 5.79. The number of alkyl carbamates (subject to hydrolysis) is 1. The maximum Gasteiger partial charge on any atom is 0.408 e. The van der Waals surface area contributed by atoms with Gasteiger partial charge in [-0.05, 0) is 99.4 Å². The molecule has 0 aliphatic heterocycles. The van der Waals surface area contributed by atoms with Crippen molar-refractivity contribution in [2.75, 3.05) is 17.3 Å². The lowest BCUT2D eigenvalue weighted by Crippen LogP contribution is -2.53. The van der Waals surface area contributed by atoms with E-state index >= 15 is 0 Å². The van der Waals surface area contributed by atoms with Gasteiger partial charge in [0.15, 0.2) is 0 Å². The van der Waals surface area contributed by atoms with Crippen LogP contribution < -0.4 is 10.6 Å². The number of amides is 3. The summed E-state index contributed by atoms with van der Waals surface area (Å²) in [5.74, 6) is 0.337.